The molecule has 2 heterocycles. The van der Waals surface area contributed by atoms with E-state index in [0.717, 1.165) is 28.8 Å². The Hall–Kier alpha value is -1.13. The van der Waals surface area contributed by atoms with Crippen LogP contribution < -0.4 is 5.73 Å². The van der Waals surface area contributed by atoms with Crippen LogP contribution in [0.4, 0.5) is 0 Å². The predicted octanol–water partition coefficient (Wildman–Crippen LogP) is 2.76. The van der Waals surface area contributed by atoms with Gasteiger partial charge < -0.3 is 14.6 Å². The average molecular weight is 223 g/mol. The van der Waals surface area contributed by atoms with Crippen molar-refractivity contribution in [1.29, 1.82) is 0 Å². The molecule has 4 heteroatoms. The zero-order chi connectivity index (χ0) is 10.5. The molecule has 0 bridgehead atoms. The summed E-state index contributed by atoms with van der Waals surface area (Å²) in [5, 5.41) is 0. The van der Waals surface area contributed by atoms with Crippen molar-refractivity contribution in [2.75, 3.05) is 0 Å². The van der Waals surface area contributed by atoms with Crippen molar-refractivity contribution in [3.05, 3.63) is 47.8 Å². The third-order valence-corrected chi connectivity index (χ3v) is 2.96. The maximum Gasteiger partial charge on any atom is 0.117 e. The lowest BCUT2D eigenvalue weighted by Crippen LogP contribution is -1.92. The Balaban J connectivity index is 1.78. The van der Waals surface area contributed by atoms with Crippen LogP contribution in [0.1, 0.15) is 17.3 Å². The highest BCUT2D eigenvalue weighted by atomic mass is 32.2. The first-order valence-corrected chi connectivity index (χ1v) is 5.92. The van der Waals surface area contributed by atoms with Gasteiger partial charge in [-0.1, -0.05) is 0 Å². The van der Waals surface area contributed by atoms with Crippen LogP contribution >= 0.6 is 11.8 Å². The maximum atomic E-state index is 5.48. The molecule has 2 N–H and O–H groups in total. The normalized spacial score (nSPS) is 10.7. The molecular weight excluding hydrogens is 210 g/mol. The molecule has 0 spiro atoms. The van der Waals surface area contributed by atoms with E-state index >= 15 is 0 Å². The van der Waals surface area contributed by atoms with Gasteiger partial charge in [0.2, 0.25) is 0 Å². The third kappa shape index (κ3) is 2.91. The Labute approximate surface area is 92.6 Å². The second kappa shape index (κ2) is 5.09. The first-order chi connectivity index (χ1) is 7.38. The van der Waals surface area contributed by atoms with E-state index in [0.29, 0.717) is 6.54 Å². The molecule has 15 heavy (non-hydrogen) atoms. The minimum atomic E-state index is 0.461. The summed E-state index contributed by atoms with van der Waals surface area (Å²) >= 11 is 1.76. The van der Waals surface area contributed by atoms with E-state index in [1.54, 1.807) is 18.0 Å². The molecule has 0 unspecified atom stereocenters. The van der Waals surface area contributed by atoms with Crippen LogP contribution in [0, 0.1) is 0 Å². The summed E-state index contributed by atoms with van der Waals surface area (Å²) in [6.45, 7) is 0.461. The number of hydrogen-bond acceptors (Lipinski definition) is 4. The molecule has 80 valence electrons. The zero-order valence-corrected chi connectivity index (χ0v) is 9.13. The van der Waals surface area contributed by atoms with Gasteiger partial charge in [0.25, 0.3) is 0 Å². The van der Waals surface area contributed by atoms with Gasteiger partial charge in [-0.25, -0.2) is 0 Å². The SMILES string of the molecule is NCc1ccc(CSCc2ccco2)o1. The molecule has 0 radical (unpaired) electrons. The average Bonchev–Trinajstić information content (AvgIpc) is 2.88. The zero-order valence-electron chi connectivity index (χ0n) is 8.31. The first kappa shape index (κ1) is 10.4. The molecule has 0 amide bonds. The monoisotopic (exact) mass is 223 g/mol. The van der Waals surface area contributed by atoms with Crippen LogP contribution in [0.3, 0.4) is 0 Å². The fourth-order valence-electron chi connectivity index (χ4n) is 1.26. The summed E-state index contributed by atoms with van der Waals surface area (Å²) in [5.41, 5.74) is 5.45. The van der Waals surface area contributed by atoms with E-state index < -0.39 is 0 Å². The van der Waals surface area contributed by atoms with Gasteiger partial charge in [0.15, 0.2) is 0 Å². The number of furan rings is 2. The minimum Gasteiger partial charge on any atom is -0.468 e. The van der Waals surface area contributed by atoms with E-state index in [-0.39, 0.29) is 0 Å². The topological polar surface area (TPSA) is 52.3 Å². The fourth-order valence-corrected chi connectivity index (χ4v) is 2.08. The summed E-state index contributed by atoms with van der Waals surface area (Å²) in [6, 6.07) is 7.76. The maximum absolute atomic E-state index is 5.48. The van der Waals surface area contributed by atoms with Crippen LogP contribution in [-0.2, 0) is 18.1 Å². The highest BCUT2D eigenvalue weighted by molar-refractivity contribution is 7.97. The molecule has 0 aliphatic carbocycles. The number of thioether (sulfide) groups is 1. The van der Waals surface area contributed by atoms with E-state index in [9.17, 15) is 0 Å². The van der Waals surface area contributed by atoms with E-state index in [1.165, 1.54) is 0 Å². The molecule has 2 rings (SSSR count). The summed E-state index contributed by atoms with van der Waals surface area (Å²) in [6.07, 6.45) is 1.69. The molecule has 0 fully saturated rings. The lowest BCUT2D eigenvalue weighted by Gasteiger charge is -1.96. The summed E-state index contributed by atoms with van der Waals surface area (Å²) in [7, 11) is 0. The number of hydrogen-bond donors (Lipinski definition) is 1. The van der Waals surface area contributed by atoms with Gasteiger partial charge in [-0.15, -0.1) is 11.8 Å². The molecule has 0 aliphatic rings. The predicted molar refractivity (Wildman–Crippen MR) is 60.3 cm³/mol. The Bertz CT molecular complexity index is 394. The number of rotatable bonds is 5. The van der Waals surface area contributed by atoms with E-state index in [1.807, 2.05) is 24.3 Å². The molecular formula is C11H13NO2S. The lowest BCUT2D eigenvalue weighted by molar-refractivity contribution is 0.482. The van der Waals surface area contributed by atoms with Crippen molar-refractivity contribution in [2.45, 2.75) is 18.1 Å². The van der Waals surface area contributed by atoms with Gasteiger partial charge in [0.1, 0.15) is 17.3 Å². The Kier molecular flexibility index (Phi) is 3.53. The van der Waals surface area contributed by atoms with Gasteiger partial charge in [0.05, 0.1) is 24.3 Å². The highest BCUT2D eigenvalue weighted by Crippen LogP contribution is 2.19. The molecule has 0 aromatic carbocycles. The fraction of sp³-hybridized carbons (Fsp3) is 0.273. The van der Waals surface area contributed by atoms with Crippen LogP contribution in [0.25, 0.3) is 0 Å². The van der Waals surface area contributed by atoms with Crippen LogP contribution in [0.5, 0.6) is 0 Å². The standard InChI is InChI=1S/C11H13NO2S/c12-6-9-3-4-11(14-9)8-15-7-10-2-1-5-13-10/h1-5H,6-8,12H2. The Morgan fingerprint density at radius 3 is 2.53 bits per heavy atom. The summed E-state index contributed by atoms with van der Waals surface area (Å²) < 4.78 is 10.7. The molecule has 0 aliphatic heterocycles. The van der Waals surface area contributed by atoms with Gasteiger partial charge in [0, 0.05) is 0 Å². The second-order valence-corrected chi connectivity index (χ2v) is 4.13. The smallest absolute Gasteiger partial charge is 0.117 e. The van der Waals surface area contributed by atoms with E-state index in [4.69, 9.17) is 14.6 Å². The number of nitrogens with two attached hydrogens (primary N) is 1. The van der Waals surface area contributed by atoms with E-state index in [2.05, 4.69) is 0 Å². The van der Waals surface area contributed by atoms with Crippen molar-refractivity contribution in [3.8, 4) is 0 Å². The van der Waals surface area contributed by atoms with Crippen LogP contribution in [0.2, 0.25) is 0 Å². The van der Waals surface area contributed by atoms with Crippen LogP contribution in [-0.4, -0.2) is 0 Å². The largest absolute Gasteiger partial charge is 0.468 e. The molecule has 2 aromatic rings. The quantitative estimate of drug-likeness (QED) is 0.846. The van der Waals surface area contributed by atoms with Crippen molar-refractivity contribution in [1.82, 2.24) is 0 Å². The first-order valence-electron chi connectivity index (χ1n) is 4.76. The van der Waals surface area contributed by atoms with Crippen molar-refractivity contribution in [3.63, 3.8) is 0 Å². The second-order valence-electron chi connectivity index (χ2n) is 3.14. The van der Waals surface area contributed by atoms with Crippen molar-refractivity contribution < 1.29 is 8.83 Å². The molecule has 0 atom stereocenters. The lowest BCUT2D eigenvalue weighted by atomic mass is 10.4. The minimum absolute atomic E-state index is 0.461. The van der Waals surface area contributed by atoms with Crippen molar-refractivity contribution in [2.24, 2.45) is 5.73 Å². The van der Waals surface area contributed by atoms with Crippen LogP contribution in [0.15, 0.2) is 39.4 Å². The van der Waals surface area contributed by atoms with Gasteiger partial charge in [-0.05, 0) is 24.3 Å². The summed E-state index contributed by atoms with van der Waals surface area (Å²) in [4.78, 5) is 0. The molecule has 3 nitrogen and oxygen atoms in total. The highest BCUT2D eigenvalue weighted by Gasteiger charge is 2.01. The van der Waals surface area contributed by atoms with Gasteiger partial charge >= 0.3 is 0 Å². The Morgan fingerprint density at radius 2 is 1.87 bits per heavy atom. The van der Waals surface area contributed by atoms with Crippen molar-refractivity contribution >= 4 is 11.8 Å². The van der Waals surface area contributed by atoms with Gasteiger partial charge in [-0.3, -0.25) is 0 Å². The molecule has 2 aromatic heterocycles. The summed E-state index contributed by atoms with van der Waals surface area (Å²) in [5.74, 6) is 4.51. The Morgan fingerprint density at radius 1 is 1.07 bits per heavy atom. The molecule has 0 saturated carbocycles. The van der Waals surface area contributed by atoms with Gasteiger partial charge in [-0.2, -0.15) is 0 Å². The molecule has 0 saturated heterocycles. The third-order valence-electron chi connectivity index (χ3n) is 1.99.